The lowest BCUT2D eigenvalue weighted by Crippen LogP contribution is -2.61. The first-order valence-corrected chi connectivity index (χ1v) is 12.5. The van der Waals surface area contributed by atoms with E-state index in [1.54, 1.807) is 15.9 Å². The van der Waals surface area contributed by atoms with Crippen molar-refractivity contribution < 1.29 is 14.4 Å². The number of H-pyrrole nitrogens is 2. The van der Waals surface area contributed by atoms with Crippen molar-refractivity contribution in [3.05, 3.63) is 66.1 Å². The maximum atomic E-state index is 13.7. The van der Waals surface area contributed by atoms with Gasteiger partial charge in [-0.2, -0.15) is 0 Å². The normalized spacial score (nSPS) is 17.2. The molecule has 1 saturated heterocycles. The molecule has 9 heteroatoms. The van der Waals surface area contributed by atoms with Crippen LogP contribution >= 0.6 is 0 Å². The van der Waals surface area contributed by atoms with Gasteiger partial charge in [0, 0.05) is 36.6 Å². The molecule has 0 spiro atoms. The minimum Gasteiger partial charge on any atom is -0.351 e. The summed E-state index contributed by atoms with van der Waals surface area (Å²) in [6.07, 6.45) is 0. The number of imidazole rings is 1. The van der Waals surface area contributed by atoms with Crippen LogP contribution in [0.1, 0.15) is 48.8 Å². The summed E-state index contributed by atoms with van der Waals surface area (Å²) in [7, 11) is 0. The van der Waals surface area contributed by atoms with Crippen LogP contribution in [0.3, 0.4) is 0 Å². The number of carbonyl (C=O) groups excluding carboxylic acids is 3. The van der Waals surface area contributed by atoms with E-state index in [0.29, 0.717) is 31.2 Å². The van der Waals surface area contributed by atoms with Crippen molar-refractivity contribution in [3.8, 4) is 0 Å². The summed E-state index contributed by atoms with van der Waals surface area (Å²) in [4.78, 5) is 54.1. The zero-order valence-corrected chi connectivity index (χ0v) is 21.5. The van der Waals surface area contributed by atoms with Gasteiger partial charge in [0.25, 0.3) is 11.8 Å². The quantitative estimate of drug-likeness (QED) is 0.397. The Balaban J connectivity index is 1.28. The minimum absolute atomic E-state index is 0.153. The highest BCUT2D eigenvalue weighted by molar-refractivity contribution is 6.00. The molecule has 2 aromatic heterocycles. The van der Waals surface area contributed by atoms with Gasteiger partial charge in [0.1, 0.15) is 11.7 Å². The third-order valence-corrected chi connectivity index (χ3v) is 6.95. The lowest BCUT2D eigenvalue weighted by molar-refractivity contribution is -0.138. The van der Waals surface area contributed by atoms with Gasteiger partial charge in [0.05, 0.1) is 11.0 Å². The Bertz CT molecular complexity index is 1410. The molecular formula is C28H32N6O3. The summed E-state index contributed by atoms with van der Waals surface area (Å²) in [5, 5.41) is 3.90. The summed E-state index contributed by atoms with van der Waals surface area (Å²) in [6, 6.07) is 16.0. The second kappa shape index (κ2) is 9.38. The molecule has 1 fully saturated rings. The van der Waals surface area contributed by atoms with E-state index in [4.69, 9.17) is 0 Å². The van der Waals surface area contributed by atoms with Gasteiger partial charge >= 0.3 is 0 Å². The molecule has 1 aliphatic rings. The minimum atomic E-state index is -0.726. The molecular weight excluding hydrogens is 468 g/mol. The molecule has 1 aliphatic heterocycles. The molecule has 0 saturated carbocycles. The van der Waals surface area contributed by atoms with Gasteiger partial charge in [-0.25, -0.2) is 4.98 Å². The third kappa shape index (κ3) is 4.81. The Morgan fingerprint density at radius 2 is 1.70 bits per heavy atom. The van der Waals surface area contributed by atoms with Gasteiger partial charge in [-0.1, -0.05) is 51.1 Å². The van der Waals surface area contributed by atoms with Gasteiger partial charge in [-0.15, -0.1) is 0 Å². The van der Waals surface area contributed by atoms with Crippen molar-refractivity contribution in [1.29, 1.82) is 0 Å². The molecule has 3 N–H and O–H groups in total. The number of aromatic amines is 2. The predicted molar refractivity (Wildman–Crippen MR) is 142 cm³/mol. The van der Waals surface area contributed by atoms with E-state index < -0.39 is 11.5 Å². The number of nitrogens with zero attached hydrogens (tertiary/aromatic N) is 3. The van der Waals surface area contributed by atoms with E-state index >= 15 is 0 Å². The van der Waals surface area contributed by atoms with Gasteiger partial charge in [0.15, 0.2) is 5.82 Å². The number of aromatic nitrogens is 3. The molecule has 0 aliphatic carbocycles. The first-order valence-electron chi connectivity index (χ1n) is 12.5. The number of nitrogens with one attached hydrogen (secondary N) is 3. The van der Waals surface area contributed by atoms with Gasteiger partial charge in [-0.05, 0) is 36.6 Å². The maximum Gasteiger partial charge on any atom is 0.290 e. The van der Waals surface area contributed by atoms with Crippen LogP contribution in [-0.2, 0) is 4.79 Å². The highest BCUT2D eigenvalue weighted by Crippen LogP contribution is 2.24. The van der Waals surface area contributed by atoms with Crippen molar-refractivity contribution in [2.24, 2.45) is 5.41 Å². The Hall–Kier alpha value is -4.14. The van der Waals surface area contributed by atoms with Crippen LogP contribution in [0.2, 0.25) is 0 Å². The number of amides is 3. The Morgan fingerprint density at radius 1 is 1.00 bits per heavy atom. The third-order valence-electron chi connectivity index (χ3n) is 6.95. The van der Waals surface area contributed by atoms with Crippen LogP contribution in [0, 0.1) is 5.41 Å². The lowest BCUT2D eigenvalue weighted by Gasteiger charge is -2.42. The molecule has 0 radical (unpaired) electrons. The fraction of sp³-hybridized carbons (Fsp3) is 0.357. The van der Waals surface area contributed by atoms with E-state index in [1.807, 2.05) is 76.2 Å². The Morgan fingerprint density at radius 3 is 2.38 bits per heavy atom. The summed E-state index contributed by atoms with van der Waals surface area (Å²) >= 11 is 0. The predicted octanol–water partition coefficient (Wildman–Crippen LogP) is 3.56. The van der Waals surface area contributed by atoms with Crippen molar-refractivity contribution in [1.82, 2.24) is 30.1 Å². The average Bonchev–Trinajstić information content (AvgIpc) is 3.50. The topological polar surface area (TPSA) is 114 Å². The molecule has 2 atom stereocenters. The molecule has 4 aromatic rings. The molecule has 192 valence electrons. The van der Waals surface area contributed by atoms with Gasteiger partial charge in [0.2, 0.25) is 5.91 Å². The van der Waals surface area contributed by atoms with Crippen LogP contribution < -0.4 is 5.32 Å². The molecule has 5 rings (SSSR count). The SMILES string of the molecule is C[C@@H]1CN(C(=O)[C@@H](NC(=O)c2cc3ccccc3[nH]2)C(C)(C)C)CCN1C(=O)c1nc2ccccc2[nH]1. The number of fused-ring (bicyclic) bond motifs is 2. The first kappa shape index (κ1) is 24.5. The Kier molecular flexibility index (Phi) is 6.23. The monoisotopic (exact) mass is 500 g/mol. The highest BCUT2D eigenvalue weighted by Gasteiger charge is 2.39. The largest absolute Gasteiger partial charge is 0.351 e. The zero-order chi connectivity index (χ0) is 26.3. The second-order valence-electron chi connectivity index (χ2n) is 10.8. The number of para-hydroxylation sites is 3. The number of hydrogen-bond donors (Lipinski definition) is 3. The second-order valence-corrected chi connectivity index (χ2v) is 10.8. The van der Waals surface area contributed by atoms with Crippen LogP contribution in [-0.4, -0.2) is 74.2 Å². The van der Waals surface area contributed by atoms with E-state index in [2.05, 4.69) is 20.3 Å². The highest BCUT2D eigenvalue weighted by atomic mass is 16.2. The average molecular weight is 501 g/mol. The first-order chi connectivity index (χ1) is 17.6. The molecule has 0 bridgehead atoms. The van der Waals surface area contributed by atoms with E-state index in [0.717, 1.165) is 21.9 Å². The summed E-state index contributed by atoms with van der Waals surface area (Å²) < 4.78 is 0. The maximum absolute atomic E-state index is 13.7. The molecule has 3 amide bonds. The number of benzene rings is 2. The summed E-state index contributed by atoms with van der Waals surface area (Å²) in [5.41, 5.74) is 2.32. The van der Waals surface area contributed by atoms with Crippen molar-refractivity contribution in [2.45, 2.75) is 39.8 Å². The molecule has 0 unspecified atom stereocenters. The summed E-state index contributed by atoms with van der Waals surface area (Å²) in [6.45, 7) is 8.87. The Labute approximate surface area is 215 Å². The van der Waals surface area contributed by atoms with Crippen LogP contribution in [0.25, 0.3) is 21.9 Å². The van der Waals surface area contributed by atoms with E-state index in [-0.39, 0.29) is 23.8 Å². The molecule has 9 nitrogen and oxygen atoms in total. The van der Waals surface area contributed by atoms with Crippen molar-refractivity contribution in [3.63, 3.8) is 0 Å². The van der Waals surface area contributed by atoms with Gasteiger partial charge < -0.3 is 25.1 Å². The molecule has 3 heterocycles. The number of hydrogen-bond acceptors (Lipinski definition) is 4. The summed E-state index contributed by atoms with van der Waals surface area (Å²) in [5.74, 6) is -0.364. The van der Waals surface area contributed by atoms with Crippen LogP contribution in [0.15, 0.2) is 54.6 Å². The lowest BCUT2D eigenvalue weighted by atomic mass is 9.85. The van der Waals surface area contributed by atoms with E-state index in [1.165, 1.54) is 0 Å². The number of rotatable bonds is 4. The van der Waals surface area contributed by atoms with Crippen molar-refractivity contribution in [2.75, 3.05) is 19.6 Å². The van der Waals surface area contributed by atoms with Gasteiger partial charge in [-0.3, -0.25) is 14.4 Å². The van der Waals surface area contributed by atoms with Crippen LogP contribution in [0.5, 0.6) is 0 Å². The van der Waals surface area contributed by atoms with E-state index in [9.17, 15) is 14.4 Å². The smallest absolute Gasteiger partial charge is 0.290 e. The zero-order valence-electron chi connectivity index (χ0n) is 21.5. The number of carbonyl (C=O) groups is 3. The standard InChI is InChI=1S/C28H32N6O3/c1-17-16-33(13-14-34(17)27(37)24-30-20-11-7-8-12-21(20)31-24)26(36)23(28(2,3)4)32-25(35)22-15-18-9-5-6-10-19(18)29-22/h5-12,15,17,23,29H,13-14,16H2,1-4H3,(H,30,31)(H,32,35)/t17-,23-/m1/s1. The van der Waals surface area contributed by atoms with Crippen molar-refractivity contribution >= 4 is 39.7 Å². The fourth-order valence-electron chi connectivity index (χ4n) is 4.89. The fourth-order valence-corrected chi connectivity index (χ4v) is 4.89. The number of piperazine rings is 1. The van der Waals surface area contributed by atoms with Crippen LogP contribution in [0.4, 0.5) is 0 Å². The molecule has 37 heavy (non-hydrogen) atoms. The molecule has 2 aromatic carbocycles.